The molecule has 0 N–H and O–H groups in total. The van der Waals surface area contributed by atoms with Crippen molar-refractivity contribution in [1.82, 2.24) is 0 Å². The van der Waals surface area contributed by atoms with Gasteiger partial charge in [-0.05, 0) is 39.5 Å². The van der Waals surface area contributed by atoms with Crippen LogP contribution in [0.5, 0.6) is 0 Å². The highest BCUT2D eigenvalue weighted by atomic mass is 31.1. The third kappa shape index (κ3) is 3.08. The van der Waals surface area contributed by atoms with E-state index in [1.165, 1.54) is 56.8 Å². The molecule has 0 unspecified atom stereocenters. The van der Waals surface area contributed by atoms with Gasteiger partial charge in [-0.2, -0.15) is 0 Å². The van der Waals surface area contributed by atoms with Crippen LogP contribution in [0.3, 0.4) is 0 Å². The van der Waals surface area contributed by atoms with Crippen molar-refractivity contribution in [1.29, 1.82) is 0 Å². The first-order valence-corrected chi connectivity index (χ1v) is 7.08. The average Bonchev–Trinajstić information content (AvgIpc) is 3.15. The molecule has 0 amide bonds. The predicted molar refractivity (Wildman–Crippen MR) is 74.1 cm³/mol. The monoisotopic (exact) mass is 230 g/mol. The van der Waals surface area contributed by atoms with E-state index in [1.807, 2.05) is 0 Å². The van der Waals surface area contributed by atoms with Gasteiger partial charge in [-0.3, -0.25) is 0 Å². The van der Waals surface area contributed by atoms with Crippen molar-refractivity contribution in [2.24, 2.45) is 5.92 Å². The summed E-state index contributed by atoms with van der Waals surface area (Å²) < 4.78 is 0. The Morgan fingerprint density at radius 2 is 2.00 bits per heavy atom. The lowest BCUT2D eigenvalue weighted by Gasteiger charge is -2.21. The number of hydrogen-bond acceptors (Lipinski definition) is 0. The molecule has 0 aromatic rings. The molecule has 1 fully saturated rings. The van der Waals surface area contributed by atoms with E-state index < -0.39 is 0 Å². The third-order valence-corrected chi connectivity index (χ3v) is 4.12. The van der Waals surface area contributed by atoms with Crippen molar-refractivity contribution in [2.45, 2.75) is 39.0 Å². The summed E-state index contributed by atoms with van der Waals surface area (Å²) in [5.74, 6) is 0.734. The Kier molecular flexibility index (Phi) is 3.99. The van der Waals surface area contributed by atoms with Gasteiger partial charge < -0.3 is 0 Å². The molecule has 0 spiro atoms. The van der Waals surface area contributed by atoms with E-state index in [2.05, 4.69) is 37.2 Å². The predicted octanol–water partition coefficient (Wildman–Crippen LogP) is 4.87. The summed E-state index contributed by atoms with van der Waals surface area (Å²) in [7, 11) is 1.27. The Labute approximate surface area is 100 Å². The normalized spacial score (nSPS) is 22.3. The lowest BCUT2D eigenvalue weighted by Crippen LogP contribution is -2.07. The highest BCUT2D eigenvalue weighted by Gasteiger charge is 2.14. The lowest BCUT2D eigenvalue weighted by molar-refractivity contribution is 0.409. The van der Waals surface area contributed by atoms with E-state index in [0.29, 0.717) is 0 Å². The summed E-state index contributed by atoms with van der Waals surface area (Å²) in [6.45, 7) is 6.31. The summed E-state index contributed by atoms with van der Waals surface area (Å²) >= 11 is 0. The number of hydrogen-bond donors (Lipinski definition) is 0. The second-order valence-electron chi connectivity index (χ2n) is 4.56. The summed E-state index contributed by atoms with van der Waals surface area (Å²) in [5.41, 5.74) is 5.86. The fourth-order valence-corrected chi connectivity index (χ4v) is 2.79. The number of allylic oxidation sites excluding steroid dienone is 6. The second-order valence-corrected chi connectivity index (χ2v) is 5.45. The van der Waals surface area contributed by atoms with Crippen LogP contribution >= 0.6 is 8.20 Å². The molecule has 0 saturated heterocycles. The van der Waals surface area contributed by atoms with E-state index in [1.54, 1.807) is 0 Å². The highest BCUT2D eigenvalue weighted by Crippen LogP contribution is 2.32. The third-order valence-electron chi connectivity index (χ3n) is 3.41. The van der Waals surface area contributed by atoms with Crippen LogP contribution in [0.25, 0.3) is 0 Å². The minimum absolute atomic E-state index is 0.734. The molecule has 1 saturated carbocycles. The summed E-state index contributed by atoms with van der Waals surface area (Å²) in [6.07, 6.45) is 13.4. The zero-order chi connectivity index (χ0) is 11.4. The largest absolute Gasteiger partial charge is 0.0955 e. The number of rotatable bonds is 4. The van der Waals surface area contributed by atoms with Crippen LogP contribution in [0.1, 0.15) is 39.0 Å². The molecule has 0 aromatic heterocycles. The van der Waals surface area contributed by atoms with Gasteiger partial charge in [-0.1, -0.05) is 55.1 Å². The topological polar surface area (TPSA) is 0 Å². The van der Waals surface area contributed by atoms with Crippen LogP contribution in [0, 0.1) is 5.92 Å². The van der Waals surface area contributed by atoms with Gasteiger partial charge in [0.25, 0.3) is 0 Å². The van der Waals surface area contributed by atoms with Gasteiger partial charge in [0.1, 0.15) is 0 Å². The molecule has 2 rings (SSSR count). The van der Waals surface area contributed by atoms with E-state index in [4.69, 9.17) is 0 Å². The zero-order valence-corrected chi connectivity index (χ0v) is 10.9. The summed E-state index contributed by atoms with van der Waals surface area (Å²) in [5, 5.41) is 1.34. The second kappa shape index (κ2) is 5.48. The molecule has 1 aliphatic carbocycles. The fraction of sp³-hybridized carbons (Fsp3) is 0.467. The first-order chi connectivity index (χ1) is 7.81. The van der Waals surface area contributed by atoms with Gasteiger partial charge in [0, 0.05) is 0 Å². The molecule has 2 aliphatic rings. The van der Waals surface area contributed by atoms with Crippen molar-refractivity contribution >= 4 is 13.7 Å². The Bertz CT molecular complexity index is 397. The molecular formula is C15H19P. The maximum atomic E-state index is 4.22. The average molecular weight is 230 g/mol. The first-order valence-electron chi connectivity index (χ1n) is 6.18. The Hall–Kier alpha value is -0.830. The molecule has 1 heterocycles. The molecule has 16 heavy (non-hydrogen) atoms. The smallest absolute Gasteiger partial charge is 0.0633 e. The van der Waals surface area contributed by atoms with Gasteiger partial charge >= 0.3 is 0 Å². The molecular weight excluding hydrogens is 211 g/mol. The molecule has 0 radical (unpaired) electrons. The quantitative estimate of drug-likeness (QED) is 0.477. The lowest BCUT2D eigenvalue weighted by atomic mass is 9.84. The Morgan fingerprint density at radius 1 is 1.31 bits per heavy atom. The van der Waals surface area contributed by atoms with Gasteiger partial charge in [0.05, 0.1) is 5.31 Å². The SMILES string of the molecule is C=C(/C=C\C(=C/C)C1=C=P1)C1CCCCC1. The van der Waals surface area contributed by atoms with Gasteiger partial charge in [-0.25, -0.2) is 0 Å². The molecule has 84 valence electrons. The maximum Gasteiger partial charge on any atom is 0.0633 e. The Balaban J connectivity index is 1.90. The van der Waals surface area contributed by atoms with Crippen LogP contribution in [0.4, 0.5) is 0 Å². The van der Waals surface area contributed by atoms with E-state index in [-0.39, 0.29) is 0 Å². The summed E-state index contributed by atoms with van der Waals surface area (Å²) in [6, 6.07) is 0. The van der Waals surface area contributed by atoms with Crippen molar-refractivity contribution in [3.8, 4) is 0 Å². The Morgan fingerprint density at radius 3 is 2.56 bits per heavy atom. The van der Waals surface area contributed by atoms with E-state index in [9.17, 15) is 0 Å². The van der Waals surface area contributed by atoms with Crippen LogP contribution in [-0.4, -0.2) is 5.45 Å². The standard InChI is InChI=1S/C15H19P/c1-3-13(15-11-16-15)10-9-12(2)14-7-5-4-6-8-14/h3,9-10,14H,2,4-8H2,1H3/b10-9-,13-3+. The van der Waals surface area contributed by atoms with Crippen molar-refractivity contribution < 1.29 is 0 Å². The van der Waals surface area contributed by atoms with Crippen LogP contribution in [-0.2, 0) is 0 Å². The molecule has 1 heteroatoms. The maximum absolute atomic E-state index is 4.22. The van der Waals surface area contributed by atoms with Gasteiger partial charge in [0.2, 0.25) is 0 Å². The zero-order valence-electron chi connectivity index (χ0n) is 10.00. The van der Waals surface area contributed by atoms with Gasteiger partial charge in [-0.15, -0.1) is 0 Å². The molecule has 1 aliphatic heterocycles. The van der Waals surface area contributed by atoms with Crippen molar-refractivity contribution in [2.75, 3.05) is 0 Å². The minimum Gasteiger partial charge on any atom is -0.0955 e. The molecule has 0 aromatic carbocycles. The van der Waals surface area contributed by atoms with Crippen LogP contribution in [0.2, 0.25) is 0 Å². The fourth-order valence-electron chi connectivity index (χ4n) is 2.28. The van der Waals surface area contributed by atoms with Crippen molar-refractivity contribution in [3.05, 3.63) is 41.3 Å². The summed E-state index contributed by atoms with van der Waals surface area (Å²) in [4.78, 5) is 0. The highest BCUT2D eigenvalue weighted by molar-refractivity contribution is 7.53. The first kappa shape index (κ1) is 11.6. The van der Waals surface area contributed by atoms with Crippen LogP contribution in [0.15, 0.2) is 41.3 Å². The molecule has 0 nitrogen and oxygen atoms in total. The molecule has 0 atom stereocenters. The van der Waals surface area contributed by atoms with E-state index >= 15 is 0 Å². The van der Waals surface area contributed by atoms with E-state index in [0.717, 1.165) is 5.92 Å². The van der Waals surface area contributed by atoms with Crippen LogP contribution < -0.4 is 0 Å². The van der Waals surface area contributed by atoms with Gasteiger partial charge in [0.15, 0.2) is 0 Å². The molecule has 0 bridgehead atoms. The minimum atomic E-state index is 0.734. The van der Waals surface area contributed by atoms with Crippen molar-refractivity contribution in [3.63, 3.8) is 0 Å².